The highest BCUT2D eigenvalue weighted by atomic mass is 32.2. The number of nitrogens with zero attached hydrogens (tertiary/aromatic N) is 1. The highest BCUT2D eigenvalue weighted by Gasteiger charge is 2.13. The normalized spacial score (nSPS) is 10.3. The molecule has 0 aliphatic carbocycles. The molecule has 0 atom stereocenters. The number of benzene rings is 1. The number of hydrogen-bond acceptors (Lipinski definition) is 3. The first-order valence-electron chi connectivity index (χ1n) is 6.65. The Kier molecular flexibility index (Phi) is 7.15. The van der Waals surface area contributed by atoms with Gasteiger partial charge in [0.2, 0.25) is 5.91 Å². The second-order valence-corrected chi connectivity index (χ2v) is 5.67. The third kappa shape index (κ3) is 6.10. The van der Waals surface area contributed by atoms with Crippen LogP contribution < -0.4 is 0 Å². The Labute approximate surface area is 124 Å². The predicted molar refractivity (Wildman–Crippen MR) is 81.8 cm³/mol. The molecule has 0 saturated carbocycles. The summed E-state index contributed by atoms with van der Waals surface area (Å²) in [6, 6.07) is 8.11. The van der Waals surface area contributed by atoms with Crippen LogP contribution >= 0.6 is 11.8 Å². The Morgan fingerprint density at radius 1 is 1.20 bits per heavy atom. The molecule has 0 radical (unpaired) electrons. The van der Waals surface area contributed by atoms with Crippen molar-refractivity contribution in [3.05, 3.63) is 35.4 Å². The van der Waals surface area contributed by atoms with Gasteiger partial charge in [0.1, 0.15) is 0 Å². The van der Waals surface area contributed by atoms with E-state index in [1.165, 1.54) is 5.56 Å². The zero-order valence-corrected chi connectivity index (χ0v) is 12.8. The number of carbonyl (C=O) groups is 2. The molecule has 0 heterocycles. The van der Waals surface area contributed by atoms with Crippen LogP contribution in [-0.4, -0.2) is 39.9 Å². The summed E-state index contributed by atoms with van der Waals surface area (Å²) in [4.78, 5) is 24.3. The lowest BCUT2D eigenvalue weighted by Crippen LogP contribution is -2.32. The SMILES string of the molecule is CCCN(Cc1ccc(C)cc1)C(=O)CSCC(=O)O. The topological polar surface area (TPSA) is 57.6 Å². The molecule has 5 heteroatoms. The molecule has 0 bridgehead atoms. The average molecular weight is 295 g/mol. The van der Waals surface area contributed by atoms with Crippen molar-refractivity contribution >= 4 is 23.6 Å². The van der Waals surface area contributed by atoms with Gasteiger partial charge in [-0.15, -0.1) is 11.8 Å². The molecule has 0 aliphatic heterocycles. The Balaban J connectivity index is 2.56. The van der Waals surface area contributed by atoms with E-state index in [0.29, 0.717) is 13.1 Å². The molecule has 0 aliphatic rings. The van der Waals surface area contributed by atoms with Gasteiger partial charge in [0.05, 0.1) is 11.5 Å². The van der Waals surface area contributed by atoms with Gasteiger partial charge in [0, 0.05) is 13.1 Å². The van der Waals surface area contributed by atoms with Crippen molar-refractivity contribution < 1.29 is 14.7 Å². The van der Waals surface area contributed by atoms with E-state index in [1.807, 2.05) is 38.1 Å². The standard InChI is InChI=1S/C15H21NO3S/c1-3-8-16(14(17)10-20-11-15(18)19)9-13-6-4-12(2)5-7-13/h4-7H,3,8-11H2,1-2H3,(H,18,19). The number of rotatable bonds is 8. The fraction of sp³-hybridized carbons (Fsp3) is 0.467. The van der Waals surface area contributed by atoms with E-state index in [1.54, 1.807) is 4.90 Å². The van der Waals surface area contributed by atoms with Crippen molar-refractivity contribution in [2.75, 3.05) is 18.1 Å². The number of hydrogen-bond donors (Lipinski definition) is 1. The highest BCUT2D eigenvalue weighted by molar-refractivity contribution is 8.00. The minimum absolute atomic E-state index is 0.00123. The van der Waals surface area contributed by atoms with Gasteiger partial charge in [-0.3, -0.25) is 9.59 Å². The van der Waals surface area contributed by atoms with E-state index in [2.05, 4.69) is 0 Å². The molecule has 1 amide bonds. The van der Waals surface area contributed by atoms with Crippen LogP contribution in [0.4, 0.5) is 0 Å². The molecule has 0 fully saturated rings. The number of aryl methyl sites for hydroxylation is 1. The van der Waals surface area contributed by atoms with E-state index >= 15 is 0 Å². The molecule has 1 aromatic carbocycles. The zero-order chi connectivity index (χ0) is 15.0. The molecule has 110 valence electrons. The van der Waals surface area contributed by atoms with Crippen LogP contribution in [-0.2, 0) is 16.1 Å². The summed E-state index contributed by atoms with van der Waals surface area (Å²) in [5, 5.41) is 8.58. The molecule has 20 heavy (non-hydrogen) atoms. The van der Waals surface area contributed by atoms with Crippen molar-refractivity contribution in [3.63, 3.8) is 0 Å². The summed E-state index contributed by atoms with van der Waals surface area (Å²) in [7, 11) is 0. The summed E-state index contributed by atoms with van der Waals surface area (Å²) >= 11 is 1.15. The maximum absolute atomic E-state index is 12.1. The van der Waals surface area contributed by atoms with Crippen LogP contribution in [0.2, 0.25) is 0 Å². The molecule has 0 aromatic heterocycles. The summed E-state index contributed by atoms with van der Waals surface area (Å²) < 4.78 is 0. The third-order valence-corrected chi connectivity index (χ3v) is 3.69. The van der Waals surface area contributed by atoms with Crippen molar-refractivity contribution in [3.8, 4) is 0 Å². The number of carboxylic acids is 1. The van der Waals surface area contributed by atoms with Gasteiger partial charge in [0.25, 0.3) is 0 Å². The van der Waals surface area contributed by atoms with Crippen LogP contribution in [0.25, 0.3) is 0 Å². The minimum atomic E-state index is -0.886. The molecule has 1 rings (SSSR count). The first-order valence-corrected chi connectivity index (χ1v) is 7.81. The van der Waals surface area contributed by atoms with Crippen molar-refractivity contribution in [2.45, 2.75) is 26.8 Å². The van der Waals surface area contributed by atoms with E-state index in [9.17, 15) is 9.59 Å². The van der Waals surface area contributed by atoms with E-state index in [4.69, 9.17) is 5.11 Å². The Hall–Kier alpha value is -1.49. The minimum Gasteiger partial charge on any atom is -0.481 e. The van der Waals surface area contributed by atoms with Gasteiger partial charge >= 0.3 is 5.97 Å². The lowest BCUT2D eigenvalue weighted by Gasteiger charge is -2.22. The monoisotopic (exact) mass is 295 g/mol. The lowest BCUT2D eigenvalue weighted by atomic mass is 10.1. The fourth-order valence-electron chi connectivity index (χ4n) is 1.79. The van der Waals surface area contributed by atoms with Gasteiger partial charge < -0.3 is 10.0 Å². The molecule has 0 unspecified atom stereocenters. The second-order valence-electron chi connectivity index (χ2n) is 4.69. The Morgan fingerprint density at radius 2 is 1.85 bits per heavy atom. The van der Waals surface area contributed by atoms with E-state index < -0.39 is 5.97 Å². The lowest BCUT2D eigenvalue weighted by molar-refractivity contribution is -0.133. The molecule has 1 aromatic rings. The molecule has 4 nitrogen and oxygen atoms in total. The van der Waals surface area contributed by atoms with Crippen LogP contribution in [0.15, 0.2) is 24.3 Å². The van der Waals surface area contributed by atoms with Crippen LogP contribution in [0.1, 0.15) is 24.5 Å². The first-order chi connectivity index (χ1) is 9.52. The van der Waals surface area contributed by atoms with Gasteiger partial charge in [-0.1, -0.05) is 36.8 Å². The number of aliphatic carboxylic acids is 1. The summed E-state index contributed by atoms with van der Waals surface area (Å²) in [5.74, 6) is -0.698. The van der Waals surface area contributed by atoms with Crippen molar-refractivity contribution in [1.29, 1.82) is 0 Å². The van der Waals surface area contributed by atoms with Gasteiger partial charge in [-0.25, -0.2) is 0 Å². The van der Waals surface area contributed by atoms with Gasteiger partial charge in [-0.2, -0.15) is 0 Å². The second kappa shape index (κ2) is 8.64. The summed E-state index contributed by atoms with van der Waals surface area (Å²) in [6.45, 7) is 5.34. The Bertz CT molecular complexity index is 445. The van der Waals surface area contributed by atoms with Gasteiger partial charge in [0.15, 0.2) is 0 Å². The van der Waals surface area contributed by atoms with Crippen molar-refractivity contribution in [2.24, 2.45) is 0 Å². The number of amides is 1. The van der Waals surface area contributed by atoms with Crippen molar-refractivity contribution in [1.82, 2.24) is 4.90 Å². The number of thioether (sulfide) groups is 1. The fourth-order valence-corrected chi connectivity index (χ4v) is 2.43. The van der Waals surface area contributed by atoms with Crippen LogP contribution in [0, 0.1) is 6.92 Å². The van der Waals surface area contributed by atoms with E-state index in [-0.39, 0.29) is 17.4 Å². The maximum Gasteiger partial charge on any atom is 0.313 e. The number of carboxylic acid groups (broad SMARTS) is 1. The smallest absolute Gasteiger partial charge is 0.313 e. The molecule has 0 spiro atoms. The first kappa shape index (κ1) is 16.6. The predicted octanol–water partition coefficient (Wildman–Crippen LogP) is 2.55. The third-order valence-electron chi connectivity index (χ3n) is 2.79. The maximum atomic E-state index is 12.1. The molecular weight excluding hydrogens is 274 g/mol. The molecular formula is C15H21NO3S. The average Bonchev–Trinajstić information content (AvgIpc) is 2.40. The summed E-state index contributed by atoms with van der Waals surface area (Å²) in [5.41, 5.74) is 2.29. The van der Waals surface area contributed by atoms with Crippen LogP contribution in [0.5, 0.6) is 0 Å². The zero-order valence-electron chi connectivity index (χ0n) is 12.0. The largest absolute Gasteiger partial charge is 0.481 e. The Morgan fingerprint density at radius 3 is 2.40 bits per heavy atom. The molecule has 1 N–H and O–H groups in total. The molecule has 0 saturated heterocycles. The highest BCUT2D eigenvalue weighted by Crippen LogP contribution is 2.10. The van der Waals surface area contributed by atoms with Crippen LogP contribution in [0.3, 0.4) is 0 Å². The number of carbonyl (C=O) groups excluding carboxylic acids is 1. The van der Waals surface area contributed by atoms with E-state index in [0.717, 1.165) is 23.7 Å². The summed E-state index contributed by atoms with van der Waals surface area (Å²) in [6.07, 6.45) is 0.890. The van der Waals surface area contributed by atoms with Gasteiger partial charge in [-0.05, 0) is 18.9 Å². The quantitative estimate of drug-likeness (QED) is 0.801.